The number of hydrogen-bond donors (Lipinski definition) is 1. The third-order valence-corrected chi connectivity index (χ3v) is 3.45. The van der Waals surface area contributed by atoms with Crippen LogP contribution in [0.25, 0.3) is 0 Å². The monoisotopic (exact) mass is 239 g/mol. The van der Waals surface area contributed by atoms with Crippen LogP contribution in [0.15, 0.2) is 0 Å². The van der Waals surface area contributed by atoms with Crippen LogP contribution in [0.2, 0.25) is 0 Å². The second-order valence-corrected chi connectivity index (χ2v) is 4.88. The molecule has 0 bridgehead atoms. The molecule has 0 aromatic rings. The van der Waals surface area contributed by atoms with Crippen LogP contribution in [-0.2, 0) is 9.59 Å². The fourth-order valence-electron chi connectivity index (χ4n) is 2.52. The van der Waals surface area contributed by atoms with Crippen molar-refractivity contribution in [1.29, 1.82) is 0 Å². The highest BCUT2D eigenvalue weighted by Gasteiger charge is 2.31. The first kappa shape index (κ1) is 12.4. The number of amides is 2. The molecule has 2 fully saturated rings. The van der Waals surface area contributed by atoms with Gasteiger partial charge in [-0.05, 0) is 25.8 Å². The third kappa shape index (κ3) is 2.97. The molecule has 2 aliphatic heterocycles. The Morgan fingerprint density at radius 2 is 1.94 bits per heavy atom. The Hall–Kier alpha value is -1.10. The van der Waals surface area contributed by atoms with Gasteiger partial charge in [-0.25, -0.2) is 0 Å². The highest BCUT2D eigenvalue weighted by Crippen LogP contribution is 2.11. The summed E-state index contributed by atoms with van der Waals surface area (Å²) >= 11 is 0. The van der Waals surface area contributed by atoms with E-state index in [-0.39, 0.29) is 24.9 Å². The van der Waals surface area contributed by atoms with Crippen molar-refractivity contribution in [3.05, 3.63) is 0 Å². The van der Waals surface area contributed by atoms with Crippen molar-refractivity contribution in [2.45, 2.75) is 32.2 Å². The van der Waals surface area contributed by atoms with Gasteiger partial charge >= 0.3 is 0 Å². The number of nitrogens with zero attached hydrogens (tertiary/aromatic N) is 2. The fourth-order valence-corrected chi connectivity index (χ4v) is 2.52. The summed E-state index contributed by atoms with van der Waals surface area (Å²) in [6.07, 6.45) is 3.18. The molecule has 17 heavy (non-hydrogen) atoms. The average Bonchev–Trinajstić information content (AvgIpc) is 2.78. The van der Waals surface area contributed by atoms with Crippen molar-refractivity contribution in [1.82, 2.24) is 15.1 Å². The molecular weight excluding hydrogens is 218 g/mol. The van der Waals surface area contributed by atoms with Crippen LogP contribution in [0.4, 0.5) is 0 Å². The predicted molar refractivity (Wildman–Crippen MR) is 64.5 cm³/mol. The number of nitrogens with one attached hydrogen (secondary N) is 1. The molecule has 0 unspecified atom stereocenters. The Labute approximate surface area is 102 Å². The van der Waals surface area contributed by atoms with Gasteiger partial charge in [-0.15, -0.1) is 0 Å². The Morgan fingerprint density at radius 3 is 2.59 bits per heavy atom. The van der Waals surface area contributed by atoms with E-state index in [1.54, 1.807) is 9.80 Å². The fraction of sp³-hybridized carbons (Fsp3) is 0.833. The summed E-state index contributed by atoms with van der Waals surface area (Å²) in [6.45, 7) is 4.95. The lowest BCUT2D eigenvalue weighted by molar-refractivity contribution is -0.150. The zero-order valence-electron chi connectivity index (χ0n) is 10.4. The molecule has 96 valence electrons. The lowest BCUT2D eigenvalue weighted by Gasteiger charge is -2.35. The van der Waals surface area contributed by atoms with Crippen molar-refractivity contribution < 1.29 is 9.59 Å². The van der Waals surface area contributed by atoms with Crippen LogP contribution in [0, 0.1) is 0 Å². The number of carbonyl (C=O) groups excluding carboxylic acids is 2. The number of hydrogen-bond acceptors (Lipinski definition) is 3. The van der Waals surface area contributed by atoms with E-state index < -0.39 is 0 Å². The normalized spacial score (nSPS) is 25.8. The van der Waals surface area contributed by atoms with Crippen molar-refractivity contribution >= 4 is 11.8 Å². The van der Waals surface area contributed by atoms with E-state index in [2.05, 4.69) is 5.32 Å². The van der Waals surface area contributed by atoms with Crippen LogP contribution in [0.1, 0.15) is 26.2 Å². The van der Waals surface area contributed by atoms with Gasteiger partial charge in [0, 0.05) is 19.1 Å². The standard InChI is InChI=1S/C12H21N3O2/c1-2-6-14-8-12(17)15(9-11(14)16)7-10-4-3-5-13-10/h10,13H,2-9H2,1H3/t10-/m0/s1. The Bertz CT molecular complexity index is 300. The first-order chi connectivity index (χ1) is 8.20. The summed E-state index contributed by atoms with van der Waals surface area (Å²) in [4.78, 5) is 27.1. The van der Waals surface area contributed by atoms with Gasteiger partial charge in [0.2, 0.25) is 11.8 Å². The number of carbonyl (C=O) groups is 2. The minimum Gasteiger partial charge on any atom is -0.332 e. The minimum atomic E-state index is 0.0875. The Balaban J connectivity index is 1.88. The molecule has 2 rings (SSSR count). The van der Waals surface area contributed by atoms with Gasteiger partial charge in [0.15, 0.2) is 0 Å². The lowest BCUT2D eigenvalue weighted by atomic mass is 10.2. The molecule has 1 atom stereocenters. The van der Waals surface area contributed by atoms with Crippen molar-refractivity contribution in [2.24, 2.45) is 0 Å². The van der Waals surface area contributed by atoms with E-state index in [1.165, 1.54) is 6.42 Å². The molecule has 0 spiro atoms. The maximum atomic E-state index is 11.9. The summed E-state index contributed by atoms with van der Waals surface area (Å²) in [5, 5.41) is 3.36. The topological polar surface area (TPSA) is 52.7 Å². The summed E-state index contributed by atoms with van der Waals surface area (Å²) < 4.78 is 0. The highest BCUT2D eigenvalue weighted by atomic mass is 16.2. The third-order valence-electron chi connectivity index (χ3n) is 3.45. The zero-order chi connectivity index (χ0) is 12.3. The predicted octanol–water partition coefficient (Wildman–Crippen LogP) is -0.181. The SMILES string of the molecule is CCCN1CC(=O)N(C[C@@H]2CCCN2)CC1=O. The van der Waals surface area contributed by atoms with E-state index in [4.69, 9.17) is 0 Å². The molecule has 0 saturated carbocycles. The van der Waals surface area contributed by atoms with Gasteiger partial charge in [0.05, 0.1) is 13.1 Å². The quantitative estimate of drug-likeness (QED) is 0.740. The summed E-state index contributed by atoms with van der Waals surface area (Å²) in [5.41, 5.74) is 0. The van der Waals surface area contributed by atoms with Crippen molar-refractivity contribution in [3.8, 4) is 0 Å². The molecule has 0 aliphatic carbocycles. The smallest absolute Gasteiger partial charge is 0.242 e. The van der Waals surface area contributed by atoms with Crippen LogP contribution < -0.4 is 5.32 Å². The largest absolute Gasteiger partial charge is 0.332 e. The maximum Gasteiger partial charge on any atom is 0.242 e. The van der Waals surface area contributed by atoms with Gasteiger partial charge < -0.3 is 15.1 Å². The zero-order valence-corrected chi connectivity index (χ0v) is 10.4. The van der Waals surface area contributed by atoms with Crippen LogP contribution in [-0.4, -0.2) is 60.4 Å². The van der Waals surface area contributed by atoms with E-state index in [0.717, 1.165) is 19.4 Å². The van der Waals surface area contributed by atoms with Crippen LogP contribution >= 0.6 is 0 Å². The van der Waals surface area contributed by atoms with Crippen LogP contribution in [0.3, 0.4) is 0 Å². The van der Waals surface area contributed by atoms with E-state index in [0.29, 0.717) is 19.1 Å². The first-order valence-electron chi connectivity index (χ1n) is 6.49. The van der Waals surface area contributed by atoms with E-state index >= 15 is 0 Å². The number of rotatable bonds is 4. The van der Waals surface area contributed by atoms with Gasteiger partial charge in [-0.2, -0.15) is 0 Å². The molecule has 5 heteroatoms. The van der Waals surface area contributed by atoms with E-state index in [9.17, 15) is 9.59 Å². The maximum absolute atomic E-state index is 11.9. The molecular formula is C12H21N3O2. The average molecular weight is 239 g/mol. The van der Waals surface area contributed by atoms with Gasteiger partial charge in [0.1, 0.15) is 0 Å². The second kappa shape index (κ2) is 5.49. The number of piperazine rings is 1. The molecule has 0 aromatic heterocycles. The molecule has 2 saturated heterocycles. The van der Waals surface area contributed by atoms with Crippen LogP contribution in [0.5, 0.6) is 0 Å². The first-order valence-corrected chi connectivity index (χ1v) is 6.49. The highest BCUT2D eigenvalue weighted by molar-refractivity contribution is 5.92. The van der Waals surface area contributed by atoms with Gasteiger partial charge in [-0.3, -0.25) is 9.59 Å². The summed E-state index contributed by atoms with van der Waals surface area (Å²) in [7, 11) is 0. The molecule has 5 nitrogen and oxygen atoms in total. The lowest BCUT2D eigenvalue weighted by Crippen LogP contribution is -2.56. The minimum absolute atomic E-state index is 0.0875. The molecule has 2 aliphatic rings. The molecule has 2 amide bonds. The second-order valence-electron chi connectivity index (χ2n) is 4.88. The summed E-state index contributed by atoms with van der Waals surface area (Å²) in [6, 6.07) is 0.379. The Kier molecular flexibility index (Phi) is 3.99. The molecule has 1 N–H and O–H groups in total. The van der Waals surface area contributed by atoms with E-state index in [1.807, 2.05) is 6.92 Å². The molecule has 0 aromatic carbocycles. The van der Waals surface area contributed by atoms with Crippen molar-refractivity contribution in [3.63, 3.8) is 0 Å². The van der Waals surface area contributed by atoms with Crippen molar-refractivity contribution in [2.75, 3.05) is 32.7 Å². The molecule has 2 heterocycles. The molecule has 0 radical (unpaired) electrons. The van der Waals surface area contributed by atoms with Gasteiger partial charge in [0.25, 0.3) is 0 Å². The van der Waals surface area contributed by atoms with Gasteiger partial charge in [-0.1, -0.05) is 6.92 Å². The Morgan fingerprint density at radius 1 is 1.24 bits per heavy atom. The summed E-state index contributed by atoms with van der Waals surface area (Å²) in [5.74, 6) is 0.177.